The maximum absolute atomic E-state index is 12.2. The molecular formula is C17H17NO2. The van der Waals surface area contributed by atoms with Gasteiger partial charge >= 0.3 is 0 Å². The zero-order chi connectivity index (χ0) is 14.5. The topological polar surface area (TPSA) is 42.1 Å². The Morgan fingerprint density at radius 3 is 2.60 bits per heavy atom. The molecule has 1 aromatic carbocycles. The summed E-state index contributed by atoms with van der Waals surface area (Å²) in [6, 6.07) is 11.3. The summed E-state index contributed by atoms with van der Waals surface area (Å²) in [5, 5.41) is 0. The van der Waals surface area contributed by atoms with Gasteiger partial charge in [-0.3, -0.25) is 4.79 Å². The molecule has 0 bridgehead atoms. The van der Waals surface area contributed by atoms with E-state index in [0.717, 1.165) is 11.3 Å². The van der Waals surface area contributed by atoms with Crippen molar-refractivity contribution in [2.75, 3.05) is 7.11 Å². The largest absolute Gasteiger partial charge is 0.501 e. The van der Waals surface area contributed by atoms with Crippen LogP contribution in [-0.2, 0) is 4.74 Å². The van der Waals surface area contributed by atoms with Crippen LogP contribution in [0.25, 0.3) is 23.4 Å². The average molecular weight is 267 g/mol. The van der Waals surface area contributed by atoms with Gasteiger partial charge in [0.05, 0.1) is 18.6 Å². The Labute approximate surface area is 118 Å². The van der Waals surface area contributed by atoms with Gasteiger partial charge in [-0.25, -0.2) is 0 Å². The predicted molar refractivity (Wildman–Crippen MR) is 83.2 cm³/mol. The minimum atomic E-state index is -0.0623. The maximum atomic E-state index is 12.2. The second-order valence-electron chi connectivity index (χ2n) is 4.40. The SMILES string of the molecule is C=Cc1c(/C=C(\C)OC)[nH]c(-c2ccccc2)cc1=O. The first kappa shape index (κ1) is 13.9. The monoisotopic (exact) mass is 267 g/mol. The van der Waals surface area contributed by atoms with E-state index < -0.39 is 0 Å². The number of pyridine rings is 1. The summed E-state index contributed by atoms with van der Waals surface area (Å²) < 4.78 is 5.14. The Balaban J connectivity index is 2.64. The Hall–Kier alpha value is -2.55. The first-order chi connectivity index (χ1) is 9.65. The molecule has 0 spiro atoms. The lowest BCUT2D eigenvalue weighted by Crippen LogP contribution is -2.09. The molecule has 0 amide bonds. The van der Waals surface area contributed by atoms with E-state index in [1.807, 2.05) is 37.3 Å². The summed E-state index contributed by atoms with van der Waals surface area (Å²) in [6.45, 7) is 5.53. The second-order valence-corrected chi connectivity index (χ2v) is 4.40. The fourth-order valence-electron chi connectivity index (χ4n) is 1.95. The van der Waals surface area contributed by atoms with Crippen molar-refractivity contribution in [1.29, 1.82) is 0 Å². The van der Waals surface area contributed by atoms with Crippen LogP contribution in [0.4, 0.5) is 0 Å². The lowest BCUT2D eigenvalue weighted by molar-refractivity contribution is 0.297. The number of methoxy groups -OCH3 is 1. The molecule has 0 saturated carbocycles. The molecule has 0 saturated heterocycles. The van der Waals surface area contributed by atoms with E-state index in [1.54, 1.807) is 25.3 Å². The van der Waals surface area contributed by atoms with Gasteiger partial charge < -0.3 is 9.72 Å². The van der Waals surface area contributed by atoms with E-state index in [0.29, 0.717) is 17.0 Å². The van der Waals surface area contributed by atoms with Crippen molar-refractivity contribution in [3.8, 4) is 11.3 Å². The van der Waals surface area contributed by atoms with Crippen LogP contribution in [0.15, 0.2) is 53.5 Å². The third-order valence-electron chi connectivity index (χ3n) is 3.06. The molecule has 0 fully saturated rings. The fourth-order valence-corrected chi connectivity index (χ4v) is 1.95. The number of allylic oxidation sites excluding steroid dienone is 1. The minimum Gasteiger partial charge on any atom is -0.501 e. The lowest BCUT2D eigenvalue weighted by atomic mass is 10.1. The highest BCUT2D eigenvalue weighted by molar-refractivity contribution is 5.67. The highest BCUT2D eigenvalue weighted by atomic mass is 16.5. The van der Waals surface area contributed by atoms with Crippen molar-refractivity contribution in [3.05, 3.63) is 70.2 Å². The van der Waals surface area contributed by atoms with Crippen molar-refractivity contribution in [3.63, 3.8) is 0 Å². The predicted octanol–water partition coefficient (Wildman–Crippen LogP) is 3.69. The number of aromatic nitrogens is 1. The van der Waals surface area contributed by atoms with E-state index in [4.69, 9.17) is 4.74 Å². The Kier molecular flexibility index (Phi) is 4.20. The van der Waals surface area contributed by atoms with Crippen molar-refractivity contribution in [1.82, 2.24) is 4.98 Å². The molecule has 0 aliphatic heterocycles. The van der Waals surface area contributed by atoms with Crippen molar-refractivity contribution < 1.29 is 4.74 Å². The van der Waals surface area contributed by atoms with E-state index in [9.17, 15) is 4.79 Å². The van der Waals surface area contributed by atoms with Crippen molar-refractivity contribution in [2.24, 2.45) is 0 Å². The number of aromatic amines is 1. The number of hydrogen-bond donors (Lipinski definition) is 1. The van der Waals surface area contributed by atoms with Gasteiger partial charge in [0.1, 0.15) is 0 Å². The molecule has 0 unspecified atom stereocenters. The summed E-state index contributed by atoms with van der Waals surface area (Å²) in [5.74, 6) is 0.717. The average Bonchev–Trinajstić information content (AvgIpc) is 2.47. The number of H-pyrrole nitrogens is 1. The van der Waals surface area contributed by atoms with Gasteiger partial charge in [0, 0.05) is 17.3 Å². The maximum Gasteiger partial charge on any atom is 0.189 e. The molecule has 0 aliphatic carbocycles. The van der Waals surface area contributed by atoms with Crippen LogP contribution < -0.4 is 5.43 Å². The summed E-state index contributed by atoms with van der Waals surface area (Å²) >= 11 is 0. The van der Waals surface area contributed by atoms with Gasteiger partial charge in [-0.1, -0.05) is 43.0 Å². The highest BCUT2D eigenvalue weighted by Gasteiger charge is 2.07. The first-order valence-electron chi connectivity index (χ1n) is 6.33. The summed E-state index contributed by atoms with van der Waals surface area (Å²) in [4.78, 5) is 15.4. The third kappa shape index (κ3) is 2.88. The molecule has 0 radical (unpaired) electrons. The van der Waals surface area contributed by atoms with Gasteiger partial charge in [-0.05, 0) is 18.6 Å². The van der Waals surface area contributed by atoms with Gasteiger partial charge in [0.25, 0.3) is 0 Å². The van der Waals surface area contributed by atoms with E-state index >= 15 is 0 Å². The molecule has 3 heteroatoms. The van der Waals surface area contributed by atoms with Crippen LogP contribution in [0.5, 0.6) is 0 Å². The van der Waals surface area contributed by atoms with Crippen molar-refractivity contribution >= 4 is 12.2 Å². The lowest BCUT2D eigenvalue weighted by Gasteiger charge is -2.08. The van der Waals surface area contributed by atoms with E-state index in [1.165, 1.54) is 0 Å². The highest BCUT2D eigenvalue weighted by Crippen LogP contribution is 2.18. The van der Waals surface area contributed by atoms with Crippen LogP contribution in [0.3, 0.4) is 0 Å². The van der Waals surface area contributed by atoms with Gasteiger partial charge in [0.15, 0.2) is 5.43 Å². The zero-order valence-corrected chi connectivity index (χ0v) is 11.6. The van der Waals surface area contributed by atoms with Crippen LogP contribution in [0.1, 0.15) is 18.2 Å². The molecule has 1 N–H and O–H groups in total. The number of benzene rings is 1. The molecule has 0 atom stereocenters. The van der Waals surface area contributed by atoms with Crippen molar-refractivity contribution in [2.45, 2.75) is 6.92 Å². The van der Waals surface area contributed by atoms with Crippen LogP contribution in [0, 0.1) is 0 Å². The molecule has 1 heterocycles. The quantitative estimate of drug-likeness (QED) is 0.858. The third-order valence-corrected chi connectivity index (χ3v) is 3.06. The van der Waals surface area contributed by atoms with Gasteiger partial charge in [-0.15, -0.1) is 0 Å². The van der Waals surface area contributed by atoms with Gasteiger partial charge in [0.2, 0.25) is 0 Å². The first-order valence-corrected chi connectivity index (χ1v) is 6.33. The minimum absolute atomic E-state index is 0.0623. The molecule has 2 rings (SSSR count). The Bertz CT molecular complexity index is 697. The molecular weight excluding hydrogens is 250 g/mol. The summed E-state index contributed by atoms with van der Waals surface area (Å²) in [5.41, 5.74) is 2.92. The van der Waals surface area contributed by atoms with Crippen LogP contribution in [-0.4, -0.2) is 12.1 Å². The summed E-state index contributed by atoms with van der Waals surface area (Å²) in [6.07, 6.45) is 3.35. The smallest absolute Gasteiger partial charge is 0.189 e. The molecule has 2 aromatic rings. The number of rotatable bonds is 4. The molecule has 20 heavy (non-hydrogen) atoms. The van der Waals surface area contributed by atoms with Gasteiger partial charge in [-0.2, -0.15) is 0 Å². The Morgan fingerprint density at radius 1 is 1.30 bits per heavy atom. The Morgan fingerprint density at radius 2 is 2.00 bits per heavy atom. The standard InChI is InChI=1S/C17H17NO2/c1-4-14-16(10-12(2)20-3)18-15(11-17(14)19)13-8-6-5-7-9-13/h4-11H,1H2,2-3H3,(H,18,19)/b12-10+. The van der Waals surface area contributed by atoms with E-state index in [2.05, 4.69) is 11.6 Å². The number of hydrogen-bond acceptors (Lipinski definition) is 2. The fraction of sp³-hybridized carbons (Fsp3) is 0.118. The van der Waals surface area contributed by atoms with E-state index in [-0.39, 0.29) is 5.43 Å². The number of ether oxygens (including phenoxy) is 1. The normalized spacial score (nSPS) is 11.2. The molecule has 1 aromatic heterocycles. The number of nitrogens with one attached hydrogen (secondary N) is 1. The summed E-state index contributed by atoms with van der Waals surface area (Å²) in [7, 11) is 1.60. The zero-order valence-electron chi connectivity index (χ0n) is 11.6. The van der Waals surface area contributed by atoms with Crippen LogP contribution in [0.2, 0.25) is 0 Å². The second kappa shape index (κ2) is 6.06. The molecule has 102 valence electrons. The molecule has 0 aliphatic rings. The van der Waals surface area contributed by atoms with Crippen LogP contribution >= 0.6 is 0 Å². The molecule has 3 nitrogen and oxygen atoms in total.